The van der Waals surface area contributed by atoms with Crippen molar-refractivity contribution in [3.63, 3.8) is 0 Å². The Morgan fingerprint density at radius 2 is 2.13 bits per heavy atom. The number of carbonyl (C=O) groups is 1. The van der Waals surface area contributed by atoms with Crippen molar-refractivity contribution in [1.82, 2.24) is 5.32 Å². The molecular formula is C12H23NO2. The van der Waals surface area contributed by atoms with E-state index in [1.165, 1.54) is 0 Å². The van der Waals surface area contributed by atoms with Crippen LogP contribution in [0.2, 0.25) is 0 Å². The van der Waals surface area contributed by atoms with E-state index in [0.717, 1.165) is 32.2 Å². The van der Waals surface area contributed by atoms with Crippen LogP contribution in [0.1, 0.15) is 39.5 Å². The first-order chi connectivity index (χ1) is 7.29. The Kier molecular flexibility index (Phi) is 5.88. The summed E-state index contributed by atoms with van der Waals surface area (Å²) >= 11 is 0. The fourth-order valence-electron chi connectivity index (χ4n) is 1.94. The first-order valence-electron chi connectivity index (χ1n) is 6.13. The molecule has 3 heteroatoms. The number of rotatable bonds is 7. The molecule has 3 nitrogen and oxygen atoms in total. The number of Topliss-reactive ketones (excluding diaryl/α,β-unsaturated/α-hetero) is 1. The molecular weight excluding hydrogens is 190 g/mol. The number of nitrogens with one attached hydrogen (secondary N) is 1. The third-order valence-electron chi connectivity index (χ3n) is 2.93. The predicted octanol–water partition coefficient (Wildman–Crippen LogP) is 1.76. The standard InChI is InChI=1S/C12H23NO2/c1-3-5-6-12(14)10-8-15-9-11(10)13-7-4-2/h10-11,13H,3-9H2,1-2H3. The molecule has 0 aromatic rings. The third-order valence-corrected chi connectivity index (χ3v) is 2.93. The van der Waals surface area contributed by atoms with Gasteiger partial charge in [-0.1, -0.05) is 20.3 Å². The second-order valence-electron chi connectivity index (χ2n) is 4.27. The zero-order chi connectivity index (χ0) is 11.1. The molecule has 0 spiro atoms. The van der Waals surface area contributed by atoms with E-state index in [2.05, 4.69) is 19.2 Å². The highest BCUT2D eigenvalue weighted by Gasteiger charge is 2.32. The highest BCUT2D eigenvalue weighted by atomic mass is 16.5. The van der Waals surface area contributed by atoms with Crippen LogP contribution < -0.4 is 5.32 Å². The Morgan fingerprint density at radius 3 is 2.80 bits per heavy atom. The molecule has 2 atom stereocenters. The molecule has 1 aliphatic heterocycles. The van der Waals surface area contributed by atoms with Gasteiger partial charge in [0.2, 0.25) is 0 Å². The van der Waals surface area contributed by atoms with E-state index in [1.54, 1.807) is 0 Å². The summed E-state index contributed by atoms with van der Waals surface area (Å²) in [6.07, 6.45) is 3.92. The number of ketones is 1. The lowest BCUT2D eigenvalue weighted by Gasteiger charge is -2.17. The third kappa shape index (κ3) is 3.92. The van der Waals surface area contributed by atoms with Crippen LogP contribution >= 0.6 is 0 Å². The fraction of sp³-hybridized carbons (Fsp3) is 0.917. The molecule has 0 saturated carbocycles. The lowest BCUT2D eigenvalue weighted by molar-refractivity contribution is -0.123. The molecule has 2 unspecified atom stereocenters. The zero-order valence-electron chi connectivity index (χ0n) is 9.92. The monoisotopic (exact) mass is 213 g/mol. The predicted molar refractivity (Wildman–Crippen MR) is 60.9 cm³/mol. The van der Waals surface area contributed by atoms with Crippen molar-refractivity contribution in [1.29, 1.82) is 0 Å². The van der Waals surface area contributed by atoms with Gasteiger partial charge in [-0.15, -0.1) is 0 Å². The summed E-state index contributed by atoms with van der Waals surface area (Å²) in [7, 11) is 0. The second kappa shape index (κ2) is 6.96. The molecule has 1 rings (SSSR count). The topological polar surface area (TPSA) is 38.3 Å². The second-order valence-corrected chi connectivity index (χ2v) is 4.27. The molecule has 1 heterocycles. The summed E-state index contributed by atoms with van der Waals surface area (Å²) in [6.45, 7) is 6.54. The average Bonchev–Trinajstić information content (AvgIpc) is 2.71. The lowest BCUT2D eigenvalue weighted by atomic mass is 9.95. The maximum atomic E-state index is 11.9. The van der Waals surface area contributed by atoms with E-state index in [0.29, 0.717) is 19.0 Å². The van der Waals surface area contributed by atoms with E-state index in [9.17, 15) is 4.79 Å². The summed E-state index contributed by atoms with van der Waals surface area (Å²) in [6, 6.07) is 0.259. The van der Waals surface area contributed by atoms with Gasteiger partial charge in [0.05, 0.1) is 19.1 Å². The Bertz CT molecular complexity index is 194. The average molecular weight is 213 g/mol. The maximum absolute atomic E-state index is 11.9. The van der Waals surface area contributed by atoms with Crippen LogP contribution in [0.25, 0.3) is 0 Å². The van der Waals surface area contributed by atoms with Crippen molar-refractivity contribution in [3.05, 3.63) is 0 Å². The van der Waals surface area contributed by atoms with Crippen LogP contribution in [0.3, 0.4) is 0 Å². The van der Waals surface area contributed by atoms with Crippen LogP contribution in [-0.2, 0) is 9.53 Å². The maximum Gasteiger partial charge on any atom is 0.139 e. The van der Waals surface area contributed by atoms with Gasteiger partial charge in [-0.05, 0) is 19.4 Å². The van der Waals surface area contributed by atoms with E-state index in [-0.39, 0.29) is 12.0 Å². The van der Waals surface area contributed by atoms with Crippen LogP contribution in [0.5, 0.6) is 0 Å². The molecule has 1 saturated heterocycles. The van der Waals surface area contributed by atoms with E-state index in [1.807, 2.05) is 0 Å². The molecule has 1 aliphatic rings. The van der Waals surface area contributed by atoms with Gasteiger partial charge in [-0.2, -0.15) is 0 Å². The summed E-state index contributed by atoms with van der Waals surface area (Å²) in [5, 5.41) is 3.39. The molecule has 1 N–H and O–H groups in total. The largest absolute Gasteiger partial charge is 0.379 e. The van der Waals surface area contributed by atoms with Crippen molar-refractivity contribution in [2.24, 2.45) is 5.92 Å². The molecule has 88 valence electrons. The van der Waals surface area contributed by atoms with Crippen molar-refractivity contribution < 1.29 is 9.53 Å². The van der Waals surface area contributed by atoms with Crippen molar-refractivity contribution in [2.45, 2.75) is 45.6 Å². The van der Waals surface area contributed by atoms with Gasteiger partial charge in [-0.25, -0.2) is 0 Å². The van der Waals surface area contributed by atoms with Crippen molar-refractivity contribution in [2.75, 3.05) is 19.8 Å². The van der Waals surface area contributed by atoms with Crippen LogP contribution in [0.15, 0.2) is 0 Å². The molecule has 1 fully saturated rings. The van der Waals surface area contributed by atoms with Crippen LogP contribution in [-0.4, -0.2) is 31.6 Å². The van der Waals surface area contributed by atoms with Gasteiger partial charge in [0.15, 0.2) is 0 Å². The summed E-state index contributed by atoms with van der Waals surface area (Å²) in [5.41, 5.74) is 0. The highest BCUT2D eigenvalue weighted by Crippen LogP contribution is 2.17. The van der Waals surface area contributed by atoms with Gasteiger partial charge < -0.3 is 10.1 Å². The fourth-order valence-corrected chi connectivity index (χ4v) is 1.94. The normalized spacial score (nSPS) is 25.7. The molecule has 0 aromatic carbocycles. The van der Waals surface area contributed by atoms with Crippen LogP contribution in [0.4, 0.5) is 0 Å². The molecule has 0 bridgehead atoms. The Morgan fingerprint density at radius 1 is 1.33 bits per heavy atom. The number of hydrogen-bond acceptors (Lipinski definition) is 3. The van der Waals surface area contributed by atoms with E-state index >= 15 is 0 Å². The minimum absolute atomic E-state index is 0.100. The van der Waals surface area contributed by atoms with Crippen LogP contribution in [0, 0.1) is 5.92 Å². The molecule has 0 aromatic heterocycles. The number of unbranched alkanes of at least 4 members (excludes halogenated alkanes) is 1. The number of hydrogen-bond donors (Lipinski definition) is 1. The summed E-state index contributed by atoms with van der Waals surface area (Å²) < 4.78 is 5.38. The van der Waals surface area contributed by atoms with E-state index < -0.39 is 0 Å². The zero-order valence-corrected chi connectivity index (χ0v) is 9.92. The smallest absolute Gasteiger partial charge is 0.139 e. The minimum Gasteiger partial charge on any atom is -0.379 e. The SMILES string of the molecule is CCCCC(=O)C1COCC1NCCC. The van der Waals surface area contributed by atoms with Gasteiger partial charge >= 0.3 is 0 Å². The van der Waals surface area contributed by atoms with Gasteiger partial charge in [0, 0.05) is 12.5 Å². The first-order valence-corrected chi connectivity index (χ1v) is 6.13. The Labute approximate surface area is 92.6 Å². The number of carbonyl (C=O) groups excluding carboxylic acids is 1. The quantitative estimate of drug-likeness (QED) is 0.700. The summed E-state index contributed by atoms with van der Waals surface area (Å²) in [4.78, 5) is 11.9. The van der Waals surface area contributed by atoms with Gasteiger partial charge in [-0.3, -0.25) is 4.79 Å². The van der Waals surface area contributed by atoms with Gasteiger partial charge in [0.25, 0.3) is 0 Å². The minimum atomic E-state index is 0.100. The molecule has 0 aliphatic carbocycles. The Balaban J connectivity index is 2.34. The lowest BCUT2D eigenvalue weighted by Crippen LogP contribution is -2.39. The van der Waals surface area contributed by atoms with Crippen molar-refractivity contribution in [3.8, 4) is 0 Å². The highest BCUT2D eigenvalue weighted by molar-refractivity contribution is 5.82. The van der Waals surface area contributed by atoms with Crippen molar-refractivity contribution >= 4 is 5.78 Å². The molecule has 0 amide bonds. The molecule has 15 heavy (non-hydrogen) atoms. The molecule has 0 radical (unpaired) electrons. The first kappa shape index (κ1) is 12.7. The Hall–Kier alpha value is -0.410. The number of ether oxygens (including phenoxy) is 1. The van der Waals surface area contributed by atoms with Gasteiger partial charge in [0.1, 0.15) is 5.78 Å². The summed E-state index contributed by atoms with van der Waals surface area (Å²) in [5.74, 6) is 0.478. The van der Waals surface area contributed by atoms with E-state index in [4.69, 9.17) is 4.74 Å².